The summed E-state index contributed by atoms with van der Waals surface area (Å²) in [7, 11) is 0. The SMILES string of the molecule is c1ccc(-c2ccccc2N(c2ccc3c(c2)-c2ccccc2-c2ccccc2C32c3ccccc3-c3cc4sc5ccccc5c4cc32)c2cccc3c2Oc2ccccc2-c2ccccc2-3)cc1. The van der Waals surface area contributed by atoms with Crippen molar-refractivity contribution >= 4 is 48.6 Å². The molecule has 1 spiro atoms. The molecule has 3 heteroatoms. The predicted octanol–water partition coefficient (Wildman–Crippen LogP) is 18.6. The summed E-state index contributed by atoms with van der Waals surface area (Å²) in [5, 5.41) is 2.61. The summed E-state index contributed by atoms with van der Waals surface area (Å²) in [4.78, 5) is 2.45. The molecule has 1 aromatic heterocycles. The Morgan fingerprint density at radius 2 is 0.843 bits per heavy atom. The first kappa shape index (κ1) is 39.3. The van der Waals surface area contributed by atoms with Gasteiger partial charge in [-0.1, -0.05) is 200 Å². The van der Waals surface area contributed by atoms with Crippen LogP contribution < -0.4 is 9.64 Å². The lowest BCUT2D eigenvalue weighted by Crippen LogP contribution is -2.29. The fraction of sp³-hybridized carbons (Fsp3) is 0.0149. The van der Waals surface area contributed by atoms with E-state index in [1.807, 2.05) is 11.3 Å². The van der Waals surface area contributed by atoms with Gasteiger partial charge in [-0.05, 0) is 121 Å². The maximum atomic E-state index is 7.29. The van der Waals surface area contributed by atoms with E-state index in [1.54, 1.807) is 0 Å². The Hall–Kier alpha value is -8.76. The smallest absolute Gasteiger partial charge is 0.159 e. The van der Waals surface area contributed by atoms with Gasteiger partial charge in [0.15, 0.2) is 5.75 Å². The Bertz CT molecular complexity index is 4130. The number of thiophene rings is 1. The standard InChI is InChI=1S/C67H41NOS/c1-2-19-42(20-3-1)44-21-10-15-33-61(44)68(62-34-18-30-53-47-24-6-5-23-46(47)51-28-11-16-35-63(51)69-66(53)62)43-37-38-59-54(39-43)48-25-7-4-22-45(48)49-26-8-13-31-57(49)67(59)58-32-14-9-27-50(58)55-41-65-56(40-60(55)67)52-29-12-17-36-64(52)70-65/h1-41H. The average Bonchev–Trinajstić information content (AvgIpc) is 3.84. The van der Waals surface area contributed by atoms with Crippen molar-refractivity contribution in [2.24, 2.45) is 0 Å². The zero-order chi connectivity index (χ0) is 45.9. The summed E-state index contributed by atoms with van der Waals surface area (Å²) in [5.41, 5.74) is 21.8. The Morgan fingerprint density at radius 1 is 0.314 bits per heavy atom. The van der Waals surface area contributed by atoms with Gasteiger partial charge in [0, 0.05) is 42.6 Å². The van der Waals surface area contributed by atoms with Gasteiger partial charge in [-0.25, -0.2) is 0 Å². The van der Waals surface area contributed by atoms with Crippen LogP contribution in [0.15, 0.2) is 249 Å². The second-order valence-corrected chi connectivity index (χ2v) is 19.7. The highest BCUT2D eigenvalue weighted by molar-refractivity contribution is 7.25. The number of anilines is 3. The summed E-state index contributed by atoms with van der Waals surface area (Å²) < 4.78 is 9.92. The average molecular weight is 908 g/mol. The third-order valence-electron chi connectivity index (χ3n) is 15.1. The molecule has 2 heterocycles. The molecule has 0 radical (unpaired) electrons. The van der Waals surface area contributed by atoms with Crippen LogP contribution in [0.3, 0.4) is 0 Å². The van der Waals surface area contributed by atoms with Crippen molar-refractivity contribution in [3.63, 3.8) is 0 Å². The summed E-state index contributed by atoms with van der Waals surface area (Å²) in [6.07, 6.45) is 0. The van der Waals surface area contributed by atoms with Gasteiger partial charge in [-0.2, -0.15) is 0 Å². The van der Waals surface area contributed by atoms with Crippen LogP contribution in [0.2, 0.25) is 0 Å². The lowest BCUT2D eigenvalue weighted by atomic mass is 9.65. The molecule has 12 aromatic rings. The van der Waals surface area contributed by atoms with Crippen LogP contribution in [-0.4, -0.2) is 0 Å². The number of nitrogens with zero attached hydrogens (tertiary/aromatic N) is 1. The molecular formula is C67H41NOS. The highest BCUT2D eigenvalue weighted by Gasteiger charge is 2.50. The zero-order valence-electron chi connectivity index (χ0n) is 37.9. The number of para-hydroxylation sites is 3. The molecular weight excluding hydrogens is 867 g/mol. The van der Waals surface area contributed by atoms with Crippen molar-refractivity contribution in [2.75, 3.05) is 4.90 Å². The van der Waals surface area contributed by atoms with Gasteiger partial charge < -0.3 is 9.64 Å². The minimum absolute atomic E-state index is 0.639. The first-order valence-corrected chi connectivity index (χ1v) is 24.9. The predicted molar refractivity (Wildman–Crippen MR) is 292 cm³/mol. The molecule has 0 fully saturated rings. The third-order valence-corrected chi connectivity index (χ3v) is 16.3. The number of rotatable bonds is 4. The Labute approximate surface area is 410 Å². The van der Waals surface area contributed by atoms with Gasteiger partial charge in [0.2, 0.25) is 0 Å². The van der Waals surface area contributed by atoms with Crippen LogP contribution in [0, 0.1) is 0 Å². The number of hydrogen-bond donors (Lipinski definition) is 0. The molecule has 0 saturated carbocycles. The van der Waals surface area contributed by atoms with Crippen LogP contribution in [0.4, 0.5) is 17.1 Å². The van der Waals surface area contributed by atoms with E-state index in [9.17, 15) is 0 Å². The van der Waals surface area contributed by atoms with Crippen LogP contribution in [0.1, 0.15) is 22.3 Å². The monoisotopic (exact) mass is 907 g/mol. The van der Waals surface area contributed by atoms with E-state index < -0.39 is 5.41 Å². The molecule has 2 aliphatic carbocycles. The van der Waals surface area contributed by atoms with Gasteiger partial charge in [0.1, 0.15) is 5.75 Å². The van der Waals surface area contributed by atoms with Gasteiger partial charge in [-0.15, -0.1) is 11.3 Å². The highest BCUT2D eigenvalue weighted by atomic mass is 32.1. The number of ether oxygens (including phenoxy) is 1. The molecule has 1 unspecified atom stereocenters. The number of benzene rings is 11. The van der Waals surface area contributed by atoms with E-state index in [-0.39, 0.29) is 0 Å². The van der Waals surface area contributed by atoms with E-state index in [0.29, 0.717) is 0 Å². The topological polar surface area (TPSA) is 12.5 Å². The lowest BCUT2D eigenvalue weighted by Gasteiger charge is -2.36. The minimum Gasteiger partial charge on any atom is -0.454 e. The van der Waals surface area contributed by atoms with E-state index in [4.69, 9.17) is 4.74 Å². The zero-order valence-corrected chi connectivity index (χ0v) is 38.8. The van der Waals surface area contributed by atoms with E-state index in [2.05, 4.69) is 254 Å². The largest absolute Gasteiger partial charge is 0.454 e. The quantitative estimate of drug-likeness (QED) is 0.174. The number of hydrogen-bond acceptors (Lipinski definition) is 3. The van der Waals surface area contributed by atoms with Crippen molar-refractivity contribution in [3.05, 3.63) is 271 Å². The van der Waals surface area contributed by atoms with Gasteiger partial charge in [-0.3, -0.25) is 0 Å². The summed E-state index contributed by atoms with van der Waals surface area (Å²) in [6, 6.07) is 92.0. The normalized spacial score (nSPS) is 14.5. The maximum absolute atomic E-state index is 7.29. The Morgan fingerprint density at radius 3 is 1.61 bits per heavy atom. The molecule has 1 aliphatic heterocycles. The fourth-order valence-electron chi connectivity index (χ4n) is 12.2. The molecule has 15 rings (SSSR count). The molecule has 0 bridgehead atoms. The van der Waals surface area contributed by atoms with Crippen molar-refractivity contribution in [1.29, 1.82) is 0 Å². The van der Waals surface area contributed by atoms with Crippen LogP contribution in [0.25, 0.3) is 86.9 Å². The third kappa shape index (κ3) is 5.49. The van der Waals surface area contributed by atoms with Crippen molar-refractivity contribution in [2.45, 2.75) is 5.41 Å². The van der Waals surface area contributed by atoms with E-state index >= 15 is 0 Å². The van der Waals surface area contributed by atoms with Gasteiger partial charge in [0.25, 0.3) is 0 Å². The lowest BCUT2D eigenvalue weighted by molar-refractivity contribution is 0.489. The van der Waals surface area contributed by atoms with Crippen molar-refractivity contribution < 1.29 is 4.74 Å². The summed E-state index contributed by atoms with van der Waals surface area (Å²) in [5.74, 6) is 1.65. The molecule has 70 heavy (non-hydrogen) atoms. The molecule has 2 nitrogen and oxygen atoms in total. The molecule has 11 aromatic carbocycles. The summed E-state index contributed by atoms with van der Waals surface area (Å²) >= 11 is 1.89. The van der Waals surface area contributed by atoms with Gasteiger partial charge in [0.05, 0.1) is 16.8 Å². The van der Waals surface area contributed by atoms with Gasteiger partial charge >= 0.3 is 0 Å². The van der Waals surface area contributed by atoms with Crippen LogP contribution in [0.5, 0.6) is 11.5 Å². The van der Waals surface area contributed by atoms with Crippen LogP contribution in [-0.2, 0) is 5.41 Å². The van der Waals surface area contributed by atoms with Crippen molar-refractivity contribution in [3.8, 4) is 78.3 Å². The second kappa shape index (κ2) is 15.1. The second-order valence-electron chi connectivity index (χ2n) is 18.6. The minimum atomic E-state index is -0.639. The highest BCUT2D eigenvalue weighted by Crippen LogP contribution is 2.63. The molecule has 326 valence electrons. The molecule has 3 aliphatic rings. The van der Waals surface area contributed by atoms with E-state index in [0.717, 1.165) is 61.9 Å². The first-order valence-electron chi connectivity index (χ1n) is 24.1. The fourth-order valence-corrected chi connectivity index (χ4v) is 13.4. The Balaban J connectivity index is 1.06. The first-order chi connectivity index (χ1) is 34.7. The molecule has 0 saturated heterocycles. The van der Waals surface area contributed by atoms with Crippen LogP contribution >= 0.6 is 11.3 Å². The molecule has 0 amide bonds. The molecule has 1 atom stereocenters. The number of fused-ring (bicyclic) bond motifs is 20. The Kier molecular flexibility index (Phi) is 8.48. The molecule has 0 N–H and O–H groups in total. The summed E-state index contributed by atoms with van der Waals surface area (Å²) in [6.45, 7) is 0. The maximum Gasteiger partial charge on any atom is 0.159 e. The van der Waals surface area contributed by atoms with Crippen molar-refractivity contribution in [1.82, 2.24) is 0 Å². The van der Waals surface area contributed by atoms with E-state index in [1.165, 1.54) is 75.8 Å².